The molecule has 9 nitrogen and oxygen atoms in total. The number of pyridine rings is 1. The highest BCUT2D eigenvalue weighted by Gasteiger charge is 2.37. The zero-order valence-electron chi connectivity index (χ0n) is 16.5. The van der Waals surface area contributed by atoms with Crippen LogP contribution >= 0.6 is 0 Å². The Kier molecular flexibility index (Phi) is 5.57. The van der Waals surface area contributed by atoms with Crippen molar-refractivity contribution in [3.8, 4) is 17.6 Å². The molecule has 0 aliphatic heterocycles. The maximum Gasteiger partial charge on any atom is 0.433 e. The Morgan fingerprint density at radius 3 is 2.48 bits per heavy atom. The highest BCUT2D eigenvalue weighted by Crippen LogP contribution is 2.31. The summed E-state index contributed by atoms with van der Waals surface area (Å²) < 4.78 is 55.4. The fourth-order valence-corrected chi connectivity index (χ4v) is 2.88. The Morgan fingerprint density at radius 1 is 1.09 bits per heavy atom. The Morgan fingerprint density at radius 2 is 1.85 bits per heavy atom. The first-order valence-electron chi connectivity index (χ1n) is 9.23. The molecule has 166 valence electrons. The molecule has 1 aromatic carbocycles. The van der Waals surface area contributed by atoms with Gasteiger partial charge in [-0.25, -0.2) is 19.0 Å². The zero-order valence-corrected chi connectivity index (χ0v) is 16.5. The van der Waals surface area contributed by atoms with Crippen LogP contribution in [0.5, 0.6) is 0 Å². The summed E-state index contributed by atoms with van der Waals surface area (Å²) in [6, 6.07) is 9.79. The number of carbonyl (C=O) groups excluding carboxylic acids is 1. The van der Waals surface area contributed by atoms with Gasteiger partial charge in [0, 0.05) is 12.3 Å². The molecule has 1 N–H and O–H groups in total. The maximum absolute atomic E-state index is 13.5. The largest absolute Gasteiger partial charge is 0.433 e. The van der Waals surface area contributed by atoms with E-state index in [0.717, 1.165) is 24.3 Å². The summed E-state index contributed by atoms with van der Waals surface area (Å²) in [7, 11) is 0. The van der Waals surface area contributed by atoms with Crippen LogP contribution in [0, 0.1) is 17.1 Å². The van der Waals surface area contributed by atoms with Crippen LogP contribution in [0.1, 0.15) is 27.6 Å². The highest BCUT2D eigenvalue weighted by atomic mass is 19.4. The maximum atomic E-state index is 13.5. The van der Waals surface area contributed by atoms with Crippen molar-refractivity contribution >= 4 is 5.91 Å². The van der Waals surface area contributed by atoms with Crippen molar-refractivity contribution in [1.82, 2.24) is 34.8 Å². The highest BCUT2D eigenvalue weighted by molar-refractivity contribution is 5.92. The van der Waals surface area contributed by atoms with Crippen molar-refractivity contribution in [1.29, 1.82) is 5.26 Å². The normalized spacial score (nSPS) is 11.2. The molecule has 3 aromatic heterocycles. The lowest BCUT2D eigenvalue weighted by atomic mass is 10.3. The van der Waals surface area contributed by atoms with Crippen molar-refractivity contribution < 1.29 is 22.4 Å². The van der Waals surface area contributed by atoms with Gasteiger partial charge in [0.05, 0.1) is 17.8 Å². The molecule has 0 aliphatic carbocycles. The Bertz CT molecular complexity index is 1330. The first-order chi connectivity index (χ1) is 15.8. The number of alkyl halides is 3. The number of aromatic nitrogens is 6. The third-order valence-electron chi connectivity index (χ3n) is 4.42. The first kappa shape index (κ1) is 21.6. The second-order valence-corrected chi connectivity index (χ2v) is 6.59. The quantitative estimate of drug-likeness (QED) is 0.462. The fraction of sp³-hybridized carbons (Fsp3) is 0.100. The molecule has 1 amide bonds. The molecule has 0 radical (unpaired) electrons. The summed E-state index contributed by atoms with van der Waals surface area (Å²) in [6.45, 7) is -0.189. The molecule has 3 heterocycles. The zero-order chi connectivity index (χ0) is 23.6. The van der Waals surface area contributed by atoms with E-state index in [1.54, 1.807) is 0 Å². The van der Waals surface area contributed by atoms with E-state index in [-0.39, 0.29) is 18.1 Å². The van der Waals surface area contributed by atoms with Gasteiger partial charge >= 0.3 is 6.18 Å². The van der Waals surface area contributed by atoms with Crippen LogP contribution < -0.4 is 5.32 Å². The van der Waals surface area contributed by atoms with Crippen LogP contribution in [0.25, 0.3) is 11.5 Å². The summed E-state index contributed by atoms with van der Waals surface area (Å²) in [5.41, 5.74) is -1.40. The van der Waals surface area contributed by atoms with Crippen LogP contribution in [0.4, 0.5) is 17.6 Å². The third kappa shape index (κ3) is 4.54. The predicted molar refractivity (Wildman–Crippen MR) is 104 cm³/mol. The van der Waals surface area contributed by atoms with Gasteiger partial charge in [0.25, 0.3) is 5.91 Å². The molecule has 0 fully saturated rings. The minimum absolute atomic E-state index is 0.0607. The smallest absolute Gasteiger partial charge is 0.343 e. The summed E-state index contributed by atoms with van der Waals surface area (Å²) in [5, 5.41) is 19.0. The van der Waals surface area contributed by atoms with Gasteiger partial charge in [-0.1, -0.05) is 0 Å². The van der Waals surface area contributed by atoms with Crippen LogP contribution in [0.3, 0.4) is 0 Å². The monoisotopic (exact) mass is 456 g/mol. The lowest BCUT2D eigenvalue weighted by molar-refractivity contribution is -0.142. The van der Waals surface area contributed by atoms with Gasteiger partial charge in [-0.05, 0) is 36.4 Å². The standard InChI is InChI=1S/C20H12F4N8O/c21-13-2-4-14(5-3-13)31-16(20(22,23)24)7-15(30-31)19(33)27-10-18-28-11-29-32(18)17-6-1-12(8-25)9-26-17/h1-7,9,11H,10H2,(H,27,33). The van der Waals surface area contributed by atoms with Gasteiger partial charge in [0.15, 0.2) is 17.3 Å². The van der Waals surface area contributed by atoms with Crippen LogP contribution in [-0.4, -0.2) is 35.4 Å². The SMILES string of the molecule is N#Cc1ccc(-n2ncnc2CNC(=O)c2cc(C(F)(F)F)n(-c3ccc(F)cc3)n2)nc1. The molecule has 13 heteroatoms. The number of nitrogens with zero attached hydrogens (tertiary/aromatic N) is 7. The molecule has 0 spiro atoms. The number of carbonyl (C=O) groups is 1. The lowest BCUT2D eigenvalue weighted by Gasteiger charge is -2.09. The fourth-order valence-electron chi connectivity index (χ4n) is 2.88. The Balaban J connectivity index is 1.56. The first-order valence-corrected chi connectivity index (χ1v) is 9.23. The number of amides is 1. The lowest BCUT2D eigenvalue weighted by Crippen LogP contribution is -2.25. The summed E-state index contributed by atoms with van der Waals surface area (Å²) in [5.74, 6) is -0.938. The van der Waals surface area contributed by atoms with E-state index in [0.29, 0.717) is 22.1 Å². The summed E-state index contributed by atoms with van der Waals surface area (Å²) >= 11 is 0. The van der Waals surface area contributed by atoms with E-state index in [2.05, 4.69) is 25.5 Å². The summed E-state index contributed by atoms with van der Waals surface area (Å²) in [6.07, 6.45) is -2.26. The molecule has 0 unspecified atom stereocenters. The molecule has 4 rings (SSSR count). The van der Waals surface area contributed by atoms with E-state index in [4.69, 9.17) is 5.26 Å². The minimum Gasteiger partial charge on any atom is -0.343 e. The van der Waals surface area contributed by atoms with E-state index in [1.807, 2.05) is 6.07 Å². The molecular formula is C20H12F4N8O. The van der Waals surface area contributed by atoms with Gasteiger partial charge in [0.2, 0.25) is 0 Å². The van der Waals surface area contributed by atoms with E-state index in [9.17, 15) is 22.4 Å². The molecule has 0 saturated heterocycles. The van der Waals surface area contributed by atoms with Crippen molar-refractivity contribution in [3.63, 3.8) is 0 Å². The van der Waals surface area contributed by atoms with E-state index >= 15 is 0 Å². The average Bonchev–Trinajstić information content (AvgIpc) is 3.45. The second kappa shape index (κ2) is 8.50. The molecule has 33 heavy (non-hydrogen) atoms. The summed E-state index contributed by atoms with van der Waals surface area (Å²) in [4.78, 5) is 20.6. The number of halogens is 4. The molecule has 0 saturated carbocycles. The van der Waals surface area contributed by atoms with E-state index in [1.165, 1.54) is 29.3 Å². The number of benzene rings is 1. The van der Waals surface area contributed by atoms with Gasteiger partial charge in [0.1, 0.15) is 23.9 Å². The van der Waals surface area contributed by atoms with Gasteiger partial charge in [-0.15, -0.1) is 0 Å². The molecule has 4 aromatic rings. The van der Waals surface area contributed by atoms with Gasteiger partial charge in [-0.3, -0.25) is 4.79 Å². The van der Waals surface area contributed by atoms with Crippen LogP contribution in [-0.2, 0) is 12.7 Å². The number of nitrogens with one attached hydrogen (secondary N) is 1. The van der Waals surface area contributed by atoms with Crippen molar-refractivity contribution in [3.05, 3.63) is 83.6 Å². The van der Waals surface area contributed by atoms with E-state index < -0.39 is 29.3 Å². The van der Waals surface area contributed by atoms with Crippen molar-refractivity contribution in [2.24, 2.45) is 0 Å². The molecule has 0 aliphatic rings. The number of hydrogen-bond donors (Lipinski definition) is 1. The number of rotatable bonds is 5. The molecular weight excluding hydrogens is 444 g/mol. The molecule has 0 atom stereocenters. The van der Waals surface area contributed by atoms with Crippen LogP contribution in [0.2, 0.25) is 0 Å². The van der Waals surface area contributed by atoms with Gasteiger partial charge < -0.3 is 5.32 Å². The minimum atomic E-state index is -4.80. The number of nitriles is 1. The van der Waals surface area contributed by atoms with Crippen molar-refractivity contribution in [2.75, 3.05) is 0 Å². The topological polar surface area (TPSA) is 114 Å². The molecule has 0 bridgehead atoms. The van der Waals surface area contributed by atoms with Gasteiger partial charge in [-0.2, -0.15) is 33.3 Å². The number of hydrogen-bond acceptors (Lipinski definition) is 6. The predicted octanol–water partition coefficient (Wildman–Crippen LogP) is 2.81. The Hall–Kier alpha value is -4.60. The average molecular weight is 456 g/mol. The third-order valence-corrected chi connectivity index (χ3v) is 4.42. The van der Waals surface area contributed by atoms with Crippen LogP contribution in [0.15, 0.2) is 55.0 Å². The Labute approximate surface area is 182 Å². The van der Waals surface area contributed by atoms with Crippen molar-refractivity contribution in [2.45, 2.75) is 12.7 Å². The second-order valence-electron chi connectivity index (χ2n) is 6.59.